The van der Waals surface area contributed by atoms with Crippen LogP contribution >= 0.6 is 197 Å². The summed E-state index contributed by atoms with van der Waals surface area (Å²) in [6.45, 7) is 13.8. The summed E-state index contributed by atoms with van der Waals surface area (Å²) in [4.78, 5) is 108. The monoisotopic (exact) mass is 2140 g/mol. The van der Waals surface area contributed by atoms with E-state index in [1.165, 1.54) is 48.5 Å². The molecule has 0 saturated carbocycles. The van der Waals surface area contributed by atoms with Crippen LogP contribution < -0.4 is 72.0 Å². The number of aromatic nitrogens is 8. The topological polar surface area (TPSA) is 656 Å². The number of nitrogens with two attached hydrogens (primary N) is 2. The van der Waals surface area contributed by atoms with Crippen LogP contribution in [0.2, 0.25) is 87.5 Å². The number of anilines is 4. The molecule has 8 aromatic heterocycles. The van der Waals surface area contributed by atoms with Crippen molar-refractivity contribution in [2.45, 2.75) is 113 Å². The van der Waals surface area contributed by atoms with Gasteiger partial charge in [-0.05, 0) is 127 Å². The first kappa shape index (κ1) is 130. The van der Waals surface area contributed by atoms with Crippen LogP contribution in [0.4, 0.5) is 55.1 Å². The summed E-state index contributed by atoms with van der Waals surface area (Å²) < 4.78 is 42.4. The molecule has 44 nitrogen and oxygen atoms in total. The Kier molecular flexibility index (Phi) is 68.1. The van der Waals surface area contributed by atoms with Gasteiger partial charge in [0, 0.05) is 79.9 Å². The fraction of sp³-hybridized carbons (Fsp3) is 0.333. The van der Waals surface area contributed by atoms with Crippen molar-refractivity contribution in [3.05, 3.63) is 244 Å². The van der Waals surface area contributed by atoms with Crippen molar-refractivity contribution < 1.29 is 106 Å². The van der Waals surface area contributed by atoms with Crippen LogP contribution in [0.3, 0.4) is 0 Å². The van der Waals surface area contributed by atoms with Gasteiger partial charge in [-0.25, -0.2) is 54.6 Å². The van der Waals surface area contributed by atoms with Gasteiger partial charge in [0.15, 0.2) is 5.03 Å². The van der Waals surface area contributed by atoms with Gasteiger partial charge in [-0.2, -0.15) is 8.42 Å². The van der Waals surface area contributed by atoms with E-state index >= 15 is 0 Å². The van der Waals surface area contributed by atoms with Crippen molar-refractivity contribution in [1.82, 2.24) is 50.8 Å². The van der Waals surface area contributed by atoms with Gasteiger partial charge in [-0.15, -0.1) is 15.5 Å². The Morgan fingerprint density at radius 3 is 1.23 bits per heavy atom. The first-order chi connectivity index (χ1) is 56.3. The molecule has 8 aromatic rings. The summed E-state index contributed by atoms with van der Waals surface area (Å²) in [5, 5.41) is 93.0. The second-order valence-electron chi connectivity index (χ2n) is 23.7. The molecule has 10 rings (SSSR count). The Labute approximate surface area is 825 Å². The number of nitrogens with zero attached hydrogens (tertiary/aromatic N) is 15. The number of rotatable bonds is 9. The normalized spacial score (nSPS) is 12.3. The Bertz CT molecular complexity index is 4680. The third-order valence-electron chi connectivity index (χ3n) is 12.0. The first-order valence-electron chi connectivity index (χ1n) is 31.7. The van der Waals surface area contributed by atoms with Crippen LogP contribution in [-0.4, -0.2) is 149 Å². The van der Waals surface area contributed by atoms with E-state index in [0.29, 0.717) is 49.8 Å². The first-order valence-corrected chi connectivity index (χ1v) is 39.5. The van der Waals surface area contributed by atoms with Crippen LogP contribution in [-0.2, 0) is 19.9 Å². The Balaban J connectivity index is -0.000000322. The quantitative estimate of drug-likeness (QED) is 0.00738. The van der Waals surface area contributed by atoms with Gasteiger partial charge >= 0.3 is 69.2 Å². The SMILES string of the molecule is C.C.C.CC(C)(C)OC(=O)N[C@@H]1CCCN(c2cc(Cl)nc(Cl)c2[N+](=O)[O-])C1.CC(C)(C)OC(=O)N[C@@H]1CCCNC1.Clc1cccc(Cl)n1.Nc1cc(Cl)nc(Cl)c1.Nc1cc(Cl)nc(Cl)c1[N+](=O)[O-].O=N[O-].O=S(=O)(O)O.O=[N+]([O-])Nc1cc(Cl)nc(Cl)c1.O=[N+]([O-])c1c(Cl)cc(Cl)nc1Cl.O=[N+]([O-])c1cc(Cl)nc(Cl)c1.OO.[Na+].[O-][n+]1c(Cl)cccc1Cl. The van der Waals surface area contributed by atoms with Gasteiger partial charge in [-0.3, -0.25) is 60.1 Å². The number of amides is 2. The second-order valence-corrected chi connectivity index (χ2v) is 31.1. The van der Waals surface area contributed by atoms with E-state index in [0.717, 1.165) is 62.3 Å². The molecule has 0 aliphatic carbocycles. The van der Waals surface area contributed by atoms with Gasteiger partial charge in [0.25, 0.3) is 16.0 Å². The summed E-state index contributed by atoms with van der Waals surface area (Å²) in [7, 11) is -4.67. The molecule has 696 valence electrons. The summed E-state index contributed by atoms with van der Waals surface area (Å²) in [5.74, 6) is 0. The molecular weight excluding hydrogens is 2080 g/mol. The van der Waals surface area contributed by atoms with E-state index in [2.05, 4.69) is 50.8 Å². The smallest absolute Gasteiger partial charge is 0.617 e. The zero-order valence-electron chi connectivity index (χ0n) is 63.2. The van der Waals surface area contributed by atoms with Gasteiger partial charge in [0.1, 0.15) is 90.0 Å². The molecule has 63 heteroatoms. The molecule has 2 aliphatic rings. The molecule has 0 radical (unpaired) electrons. The minimum atomic E-state index is -4.67. The van der Waals surface area contributed by atoms with Crippen LogP contribution in [0.25, 0.3) is 0 Å². The number of halogens is 17. The van der Waals surface area contributed by atoms with Gasteiger partial charge in [0.05, 0.1) is 31.8 Å². The number of ether oxygens (including phenoxy) is 2. The molecule has 2 saturated heterocycles. The Morgan fingerprint density at radius 2 is 0.889 bits per heavy atom. The number of alkyl carbamates (subject to hydrolysis) is 2. The maximum absolute atomic E-state index is 11.9. The van der Waals surface area contributed by atoms with Crippen molar-refractivity contribution >= 4 is 265 Å². The number of piperidine rings is 2. The number of nitrogen functional groups attached to an aromatic ring is 2. The van der Waals surface area contributed by atoms with Crippen LogP contribution in [0.15, 0.2) is 96.3 Å². The number of nitro groups is 5. The van der Waals surface area contributed by atoms with Gasteiger partial charge in [-0.1, -0.05) is 202 Å². The third-order valence-corrected chi connectivity index (χ3v) is 15.8. The summed E-state index contributed by atoms with van der Waals surface area (Å²) >= 11 is 93.3. The van der Waals surface area contributed by atoms with Crippen LogP contribution in [0, 0.1) is 65.9 Å². The predicted octanol–water partition coefficient (Wildman–Crippen LogP) is 18.7. The van der Waals surface area contributed by atoms with E-state index < -0.39 is 63.8 Å². The molecular formula is C63H75Cl17N21NaO23S. The van der Waals surface area contributed by atoms with Crippen molar-refractivity contribution in [2.24, 2.45) is 5.34 Å². The molecule has 2 fully saturated rings. The second kappa shape index (κ2) is 66.2. The largest absolute Gasteiger partial charge is 1.00 e. The minimum Gasteiger partial charge on any atom is -0.617 e. The van der Waals surface area contributed by atoms with E-state index in [1.807, 2.05) is 26.2 Å². The van der Waals surface area contributed by atoms with Crippen LogP contribution in [0.1, 0.15) is 89.5 Å². The third kappa shape index (κ3) is 60.6. The Hall–Kier alpha value is -7.18. The zero-order valence-corrected chi connectivity index (χ0v) is 78.9. The van der Waals surface area contributed by atoms with Crippen molar-refractivity contribution in [3.8, 4) is 0 Å². The Morgan fingerprint density at radius 1 is 0.540 bits per heavy atom. The molecule has 0 bridgehead atoms. The number of nitrogens with one attached hydrogen (secondary N) is 4. The number of pyridine rings is 8. The summed E-state index contributed by atoms with van der Waals surface area (Å²) in [5.41, 5.74) is 11.2. The minimum absolute atomic E-state index is 0. The van der Waals surface area contributed by atoms with E-state index in [1.54, 1.807) is 49.9 Å². The van der Waals surface area contributed by atoms with E-state index in [9.17, 15) is 65.4 Å². The van der Waals surface area contributed by atoms with E-state index in [-0.39, 0.29) is 160 Å². The zero-order chi connectivity index (χ0) is 94.4. The maximum Gasteiger partial charge on any atom is 1.00 e. The number of hydrogen-bond donors (Lipinski definition) is 10. The van der Waals surface area contributed by atoms with Crippen molar-refractivity contribution in [3.63, 3.8) is 0 Å². The standard InChI is InChI=1S/C15H20Cl2N4O4.C10H20N2O2.C5HCl3N2O2.2C5H3Cl2N3O2.C5H2Cl2N2O2.C5H4Cl2N2.C5H3Cl2NO.C5H3Cl2N.3CH4.HNO2.Na.H2O4S.H2O2/c1-15(2,3)25-14(22)18-9-5-4-6-20(8-9)10-7-11(16)19-13(17)12(10)21(23)24;1-10(2,3)14-9(13)12-8-5-4-6-11-7-8;6-2-1-3(7)9-5(8)4(2)10(11)12;6-4-1-3(9-10(11)12)2-5(7)8-4;6-3-1-2(8)4(10(11)12)5(7)9-3;6-4-1-3(9(10)11)2-5(7)8-4;6-4-1-3(8)2-5(7)9-4;6-4-2-1-3-5(7)8(4)9;6-4-2-1-3-5(7)8-4;;;;2-1-3;;1-5(2,3)4;1-2/h7,9H,4-6,8H2,1-3H3,(H,18,22);8,11H,4-7H2,1-3H3,(H,12,13);1H;1-2H,(H,8,9);1H,(H2,8,9);1-2H;1-2H,(H2,8,9);1-3H;1-3H;3*1H4;(H,2,3);;(H2,1,2,3,4);1-2H/q;;;;;;;;;;;;;+1;;/p-1/t9-;8-;;;;;;;;;;;;;;/m11............../s1. The fourth-order valence-corrected chi connectivity index (χ4v) is 11.9. The van der Waals surface area contributed by atoms with Gasteiger partial charge in [0.2, 0.25) is 15.5 Å². The van der Waals surface area contributed by atoms with Crippen LogP contribution in [0.5, 0.6) is 0 Å². The van der Waals surface area contributed by atoms with Crippen molar-refractivity contribution in [1.29, 1.82) is 0 Å². The average Bonchev–Trinajstić information content (AvgIpc) is 0.798. The predicted molar refractivity (Wildman–Crippen MR) is 485 cm³/mol. The molecule has 10 heterocycles. The fourth-order valence-electron chi connectivity index (χ4n) is 7.91. The molecule has 0 aromatic carbocycles. The summed E-state index contributed by atoms with van der Waals surface area (Å²) in [6, 6.07) is 21.4. The molecule has 126 heavy (non-hydrogen) atoms. The number of carbonyl (C=O) groups is 2. The molecule has 0 spiro atoms. The number of hydrogen-bond acceptors (Lipinski definition) is 33. The molecule has 2 amide bonds. The molecule has 0 unspecified atom stereocenters. The average molecular weight is 2150 g/mol. The van der Waals surface area contributed by atoms with Gasteiger partial charge < -0.3 is 57.1 Å². The summed E-state index contributed by atoms with van der Waals surface area (Å²) in [6.07, 6.45) is 2.81. The number of hydrazine groups is 1. The number of carbonyl (C=O) groups excluding carboxylic acids is 2. The molecule has 12 N–H and O–H groups in total. The molecule has 2 aliphatic heterocycles. The van der Waals surface area contributed by atoms with Crippen molar-refractivity contribution in [2.75, 3.05) is 48.0 Å². The maximum atomic E-state index is 11.9. The molecule has 2 atom stereocenters. The van der Waals surface area contributed by atoms with E-state index in [4.69, 9.17) is 256 Å².